The summed E-state index contributed by atoms with van der Waals surface area (Å²) in [6, 6.07) is 15.4. The van der Waals surface area contributed by atoms with Gasteiger partial charge in [-0.3, -0.25) is 9.59 Å². The minimum Gasteiger partial charge on any atom is -0.399 e. The quantitative estimate of drug-likeness (QED) is 0.732. The number of rotatable bonds is 6. The van der Waals surface area contributed by atoms with Crippen LogP contribution in [-0.2, 0) is 9.63 Å². The van der Waals surface area contributed by atoms with Crippen molar-refractivity contribution in [2.24, 2.45) is 5.16 Å². The van der Waals surface area contributed by atoms with Crippen molar-refractivity contribution in [2.75, 3.05) is 26.8 Å². The summed E-state index contributed by atoms with van der Waals surface area (Å²) in [6.45, 7) is 2.06. The molecular formula is C22H25N3O4. The Kier molecular flexibility index (Phi) is 6.61. The number of aliphatic hydroxyl groups excluding tert-OH is 1. The van der Waals surface area contributed by atoms with Crippen LogP contribution in [0.15, 0.2) is 53.7 Å². The SMILES string of the molecule is CO/N=C1\C[C@@H](CNC(=O)CO)N(C(=O)c2ccc(-c3ccccc3C)cc2)C1. The Labute approximate surface area is 170 Å². The lowest BCUT2D eigenvalue weighted by molar-refractivity contribution is -0.124. The van der Waals surface area contributed by atoms with Gasteiger partial charge in [0.15, 0.2) is 0 Å². The van der Waals surface area contributed by atoms with Crippen molar-refractivity contribution in [3.8, 4) is 11.1 Å². The van der Waals surface area contributed by atoms with E-state index in [0.29, 0.717) is 18.5 Å². The maximum atomic E-state index is 13.1. The molecule has 7 nitrogen and oxygen atoms in total. The molecule has 1 saturated heterocycles. The molecule has 0 unspecified atom stereocenters. The zero-order valence-corrected chi connectivity index (χ0v) is 16.6. The number of oxime groups is 1. The second-order valence-electron chi connectivity index (χ2n) is 6.99. The van der Waals surface area contributed by atoms with Gasteiger partial charge in [-0.2, -0.15) is 0 Å². The van der Waals surface area contributed by atoms with Crippen molar-refractivity contribution in [3.63, 3.8) is 0 Å². The fraction of sp³-hybridized carbons (Fsp3) is 0.318. The van der Waals surface area contributed by atoms with E-state index in [1.807, 2.05) is 36.4 Å². The number of nitrogens with zero attached hydrogens (tertiary/aromatic N) is 2. The van der Waals surface area contributed by atoms with Crippen molar-refractivity contribution < 1.29 is 19.5 Å². The van der Waals surface area contributed by atoms with Crippen LogP contribution in [0.1, 0.15) is 22.3 Å². The first-order chi connectivity index (χ1) is 14.0. The Morgan fingerprint density at radius 3 is 2.59 bits per heavy atom. The maximum Gasteiger partial charge on any atom is 0.254 e. The number of amides is 2. The van der Waals surface area contributed by atoms with Gasteiger partial charge in [0.2, 0.25) is 5.91 Å². The predicted octanol–water partition coefficient (Wildman–Crippen LogP) is 1.99. The molecular weight excluding hydrogens is 370 g/mol. The average molecular weight is 395 g/mol. The second-order valence-corrected chi connectivity index (χ2v) is 6.99. The largest absolute Gasteiger partial charge is 0.399 e. The summed E-state index contributed by atoms with van der Waals surface area (Å²) < 4.78 is 0. The average Bonchev–Trinajstić information content (AvgIpc) is 3.15. The molecule has 1 heterocycles. The van der Waals surface area contributed by atoms with E-state index in [-0.39, 0.29) is 18.5 Å². The number of aryl methyl sites for hydroxylation is 1. The molecule has 1 fully saturated rings. The van der Waals surface area contributed by atoms with Gasteiger partial charge in [0.1, 0.15) is 13.7 Å². The number of hydrogen-bond acceptors (Lipinski definition) is 5. The van der Waals surface area contributed by atoms with Crippen LogP contribution in [-0.4, -0.2) is 60.4 Å². The Bertz CT molecular complexity index is 909. The molecule has 0 saturated carbocycles. The Morgan fingerprint density at radius 2 is 1.93 bits per heavy atom. The molecule has 0 aromatic heterocycles. The van der Waals surface area contributed by atoms with E-state index in [0.717, 1.165) is 16.8 Å². The minimum atomic E-state index is -0.583. The molecule has 3 rings (SSSR count). The number of likely N-dealkylation sites (tertiary alicyclic amines) is 1. The van der Waals surface area contributed by atoms with Gasteiger partial charge < -0.3 is 20.2 Å². The number of carbonyl (C=O) groups is 2. The summed E-state index contributed by atoms with van der Waals surface area (Å²) in [4.78, 5) is 31.0. The molecule has 29 heavy (non-hydrogen) atoms. The highest BCUT2D eigenvalue weighted by molar-refractivity contribution is 6.00. The van der Waals surface area contributed by atoms with E-state index in [4.69, 9.17) is 9.94 Å². The topological polar surface area (TPSA) is 91.2 Å². The van der Waals surface area contributed by atoms with Crippen LogP contribution < -0.4 is 5.32 Å². The van der Waals surface area contributed by atoms with E-state index in [9.17, 15) is 9.59 Å². The van der Waals surface area contributed by atoms with Crippen LogP contribution in [0, 0.1) is 6.92 Å². The van der Waals surface area contributed by atoms with E-state index >= 15 is 0 Å². The van der Waals surface area contributed by atoms with Gasteiger partial charge >= 0.3 is 0 Å². The number of benzene rings is 2. The summed E-state index contributed by atoms with van der Waals surface area (Å²) in [7, 11) is 1.46. The lowest BCUT2D eigenvalue weighted by atomic mass is 9.99. The van der Waals surface area contributed by atoms with Crippen LogP contribution in [0.2, 0.25) is 0 Å². The minimum absolute atomic E-state index is 0.133. The van der Waals surface area contributed by atoms with Crippen LogP contribution >= 0.6 is 0 Å². The van der Waals surface area contributed by atoms with Gasteiger partial charge in [0, 0.05) is 18.5 Å². The van der Waals surface area contributed by atoms with Gasteiger partial charge in [-0.1, -0.05) is 41.6 Å². The molecule has 0 aliphatic carbocycles. The molecule has 0 spiro atoms. The second kappa shape index (κ2) is 9.34. The highest BCUT2D eigenvalue weighted by Gasteiger charge is 2.34. The van der Waals surface area contributed by atoms with Gasteiger partial charge in [0.05, 0.1) is 18.3 Å². The number of carbonyl (C=O) groups excluding carboxylic acids is 2. The van der Waals surface area contributed by atoms with Crippen LogP contribution in [0.5, 0.6) is 0 Å². The smallest absolute Gasteiger partial charge is 0.254 e. The van der Waals surface area contributed by atoms with Crippen LogP contribution in [0.4, 0.5) is 0 Å². The third kappa shape index (κ3) is 4.81. The molecule has 0 radical (unpaired) electrons. The van der Waals surface area contributed by atoms with Crippen molar-refractivity contribution in [1.82, 2.24) is 10.2 Å². The van der Waals surface area contributed by atoms with E-state index in [1.165, 1.54) is 12.7 Å². The Balaban J connectivity index is 1.78. The molecule has 2 aromatic carbocycles. The number of hydrogen-bond donors (Lipinski definition) is 2. The molecule has 2 N–H and O–H groups in total. The summed E-state index contributed by atoms with van der Waals surface area (Å²) in [5, 5.41) is 15.5. The lowest BCUT2D eigenvalue weighted by Crippen LogP contribution is -2.43. The standard InChI is InChI=1S/C22H25N3O4/c1-15-5-3-4-6-20(15)16-7-9-17(10-8-16)22(28)25-13-18(24-29-2)11-19(25)12-23-21(27)14-26/h3-10,19,26H,11-14H2,1-2H3,(H,23,27)/b24-18+/t19-/m0/s1. The van der Waals surface area contributed by atoms with Crippen LogP contribution in [0.25, 0.3) is 11.1 Å². The molecule has 1 atom stereocenters. The first-order valence-corrected chi connectivity index (χ1v) is 9.47. The zero-order valence-electron chi connectivity index (χ0n) is 16.6. The highest BCUT2D eigenvalue weighted by atomic mass is 16.6. The fourth-order valence-electron chi connectivity index (χ4n) is 3.53. The number of nitrogens with one attached hydrogen (secondary N) is 1. The predicted molar refractivity (Wildman–Crippen MR) is 111 cm³/mol. The monoisotopic (exact) mass is 395 g/mol. The Hall–Kier alpha value is -3.19. The maximum absolute atomic E-state index is 13.1. The molecule has 152 valence electrons. The van der Waals surface area contributed by atoms with Crippen molar-refractivity contribution >= 4 is 17.5 Å². The molecule has 0 bridgehead atoms. The third-order valence-electron chi connectivity index (χ3n) is 5.01. The lowest BCUT2D eigenvalue weighted by Gasteiger charge is -2.24. The fourth-order valence-corrected chi connectivity index (χ4v) is 3.53. The first kappa shape index (κ1) is 20.5. The van der Waals surface area contributed by atoms with Gasteiger partial charge in [-0.25, -0.2) is 0 Å². The van der Waals surface area contributed by atoms with E-state index in [2.05, 4.69) is 29.5 Å². The van der Waals surface area contributed by atoms with E-state index in [1.54, 1.807) is 4.90 Å². The first-order valence-electron chi connectivity index (χ1n) is 9.47. The zero-order chi connectivity index (χ0) is 20.8. The van der Waals surface area contributed by atoms with E-state index < -0.39 is 12.5 Å². The van der Waals surface area contributed by atoms with Crippen molar-refractivity contribution in [3.05, 3.63) is 59.7 Å². The summed E-state index contributed by atoms with van der Waals surface area (Å²) in [5.74, 6) is -0.608. The molecule has 2 amide bonds. The van der Waals surface area contributed by atoms with Gasteiger partial charge in [-0.15, -0.1) is 0 Å². The molecule has 2 aromatic rings. The van der Waals surface area contributed by atoms with Crippen LogP contribution in [0.3, 0.4) is 0 Å². The van der Waals surface area contributed by atoms with Gasteiger partial charge in [0.25, 0.3) is 5.91 Å². The normalized spacial score (nSPS) is 17.4. The van der Waals surface area contributed by atoms with Gasteiger partial charge in [-0.05, 0) is 35.7 Å². The molecule has 1 aliphatic heterocycles. The highest BCUT2D eigenvalue weighted by Crippen LogP contribution is 2.25. The van der Waals surface area contributed by atoms with Crippen molar-refractivity contribution in [2.45, 2.75) is 19.4 Å². The number of aliphatic hydroxyl groups is 1. The third-order valence-corrected chi connectivity index (χ3v) is 5.01. The van der Waals surface area contributed by atoms with Crippen molar-refractivity contribution in [1.29, 1.82) is 0 Å². The Morgan fingerprint density at radius 1 is 1.21 bits per heavy atom. The summed E-state index contributed by atoms with van der Waals surface area (Å²) in [6.07, 6.45) is 0.507. The molecule has 1 aliphatic rings. The summed E-state index contributed by atoms with van der Waals surface area (Å²) in [5.41, 5.74) is 4.66. The summed E-state index contributed by atoms with van der Waals surface area (Å²) >= 11 is 0. The molecule has 7 heteroatoms.